The summed E-state index contributed by atoms with van der Waals surface area (Å²) in [4.78, 5) is 28.8. The molecule has 0 aliphatic carbocycles. The van der Waals surface area contributed by atoms with Gasteiger partial charge in [-0.3, -0.25) is 10.1 Å². The van der Waals surface area contributed by atoms with Crippen LogP contribution in [0, 0.1) is 6.92 Å². The summed E-state index contributed by atoms with van der Waals surface area (Å²) in [6, 6.07) is 12.2. The van der Waals surface area contributed by atoms with E-state index < -0.39 is 6.03 Å². The van der Waals surface area contributed by atoms with Crippen LogP contribution < -0.4 is 25.4 Å². The van der Waals surface area contributed by atoms with Crippen molar-refractivity contribution in [3.8, 4) is 11.5 Å². The Balaban J connectivity index is 1.48. The number of anilines is 3. The Morgan fingerprint density at radius 2 is 1.77 bits per heavy atom. The predicted octanol–water partition coefficient (Wildman–Crippen LogP) is 4.68. The number of aromatic nitrogens is 1. The molecular formula is C22H24N4O4S. The Kier molecular flexibility index (Phi) is 7.45. The number of ether oxygens (including phenoxy) is 2. The van der Waals surface area contributed by atoms with Crippen molar-refractivity contribution in [2.24, 2.45) is 0 Å². The highest BCUT2D eigenvalue weighted by atomic mass is 32.1. The van der Waals surface area contributed by atoms with Crippen LogP contribution in [-0.4, -0.2) is 31.1 Å². The summed E-state index contributed by atoms with van der Waals surface area (Å²) in [5, 5.41) is 10.6. The molecule has 3 N–H and O–H groups in total. The molecule has 31 heavy (non-hydrogen) atoms. The number of nitrogens with one attached hydrogen (secondary N) is 3. The van der Waals surface area contributed by atoms with Crippen molar-refractivity contribution in [2.45, 2.75) is 19.8 Å². The van der Waals surface area contributed by atoms with Gasteiger partial charge in [-0.2, -0.15) is 0 Å². The third-order valence-electron chi connectivity index (χ3n) is 4.36. The number of hydrogen-bond acceptors (Lipinski definition) is 6. The number of methoxy groups -OCH3 is 2. The molecular weight excluding hydrogens is 416 g/mol. The maximum Gasteiger partial charge on any atom is 0.325 e. The maximum atomic E-state index is 12.3. The molecule has 0 radical (unpaired) electrons. The maximum absolute atomic E-state index is 12.3. The van der Waals surface area contributed by atoms with E-state index in [1.54, 1.807) is 38.5 Å². The van der Waals surface area contributed by atoms with Gasteiger partial charge in [-0.05, 0) is 55.3 Å². The lowest BCUT2D eigenvalue weighted by atomic mass is 10.2. The first-order valence-corrected chi connectivity index (χ1v) is 10.5. The molecule has 3 amide bonds. The van der Waals surface area contributed by atoms with Crippen molar-refractivity contribution in [3.63, 3.8) is 0 Å². The first-order chi connectivity index (χ1) is 15.0. The monoisotopic (exact) mass is 440 g/mol. The molecule has 0 atom stereocenters. The normalized spacial score (nSPS) is 10.3. The molecule has 0 bridgehead atoms. The van der Waals surface area contributed by atoms with Crippen molar-refractivity contribution in [2.75, 3.05) is 30.2 Å². The molecule has 3 aromatic rings. The predicted molar refractivity (Wildman–Crippen MR) is 122 cm³/mol. The Labute approximate surface area is 184 Å². The van der Waals surface area contributed by atoms with E-state index in [2.05, 4.69) is 20.9 Å². The van der Waals surface area contributed by atoms with Crippen LogP contribution in [0.25, 0.3) is 0 Å². The Morgan fingerprint density at radius 3 is 2.48 bits per heavy atom. The number of hydrogen-bond donors (Lipinski definition) is 3. The molecule has 9 heteroatoms. The summed E-state index contributed by atoms with van der Waals surface area (Å²) < 4.78 is 10.4. The van der Waals surface area contributed by atoms with E-state index in [0.29, 0.717) is 34.4 Å². The van der Waals surface area contributed by atoms with Crippen LogP contribution in [0.5, 0.6) is 11.5 Å². The summed E-state index contributed by atoms with van der Waals surface area (Å²) in [6.45, 7) is 1.95. The highest BCUT2D eigenvalue weighted by Crippen LogP contribution is 2.25. The van der Waals surface area contributed by atoms with Gasteiger partial charge >= 0.3 is 6.03 Å². The van der Waals surface area contributed by atoms with Gasteiger partial charge in [0, 0.05) is 17.5 Å². The van der Waals surface area contributed by atoms with Gasteiger partial charge in [0.05, 0.1) is 25.6 Å². The van der Waals surface area contributed by atoms with Crippen molar-refractivity contribution in [1.29, 1.82) is 0 Å². The summed E-state index contributed by atoms with van der Waals surface area (Å²) in [5.74, 6) is 1.19. The highest BCUT2D eigenvalue weighted by Gasteiger charge is 2.11. The molecule has 1 aromatic heterocycles. The quantitative estimate of drug-likeness (QED) is 0.472. The summed E-state index contributed by atoms with van der Waals surface area (Å²) in [6.07, 6.45) is 0.719. The SMILES string of the molecule is COc1ccc(NC(=O)Nc2nc(CCC(=O)Nc3cc(C)ccc3OC)cs2)cc1. The van der Waals surface area contributed by atoms with Crippen molar-refractivity contribution < 1.29 is 19.1 Å². The molecule has 0 unspecified atom stereocenters. The molecule has 0 spiro atoms. The fourth-order valence-electron chi connectivity index (χ4n) is 2.79. The lowest BCUT2D eigenvalue weighted by molar-refractivity contribution is -0.116. The second-order valence-corrected chi connectivity index (χ2v) is 7.56. The van der Waals surface area contributed by atoms with E-state index in [1.807, 2.05) is 30.5 Å². The third-order valence-corrected chi connectivity index (χ3v) is 5.16. The number of amides is 3. The second-order valence-electron chi connectivity index (χ2n) is 6.70. The smallest absolute Gasteiger partial charge is 0.325 e. The number of aryl methyl sites for hydroxylation is 2. The number of carbonyl (C=O) groups is 2. The zero-order chi connectivity index (χ0) is 22.2. The average molecular weight is 441 g/mol. The van der Waals surface area contributed by atoms with Crippen LogP contribution in [0.3, 0.4) is 0 Å². The lowest BCUT2D eigenvalue weighted by Crippen LogP contribution is -2.19. The van der Waals surface area contributed by atoms with E-state index >= 15 is 0 Å². The summed E-state index contributed by atoms with van der Waals surface area (Å²) in [5.41, 5.74) is 3.04. The number of thiazole rings is 1. The molecule has 0 fully saturated rings. The molecule has 0 aliphatic rings. The number of urea groups is 1. The number of nitrogens with zero attached hydrogens (tertiary/aromatic N) is 1. The van der Waals surface area contributed by atoms with Crippen LogP contribution in [0.2, 0.25) is 0 Å². The summed E-state index contributed by atoms with van der Waals surface area (Å²) >= 11 is 1.30. The first-order valence-electron chi connectivity index (χ1n) is 9.58. The van der Waals surface area contributed by atoms with Crippen molar-refractivity contribution in [1.82, 2.24) is 4.98 Å². The first kappa shape index (κ1) is 22.1. The zero-order valence-electron chi connectivity index (χ0n) is 17.5. The van der Waals surface area contributed by atoms with Gasteiger partial charge in [-0.25, -0.2) is 9.78 Å². The van der Waals surface area contributed by atoms with E-state index in [-0.39, 0.29) is 12.3 Å². The average Bonchev–Trinajstić information content (AvgIpc) is 3.20. The van der Waals surface area contributed by atoms with E-state index in [0.717, 1.165) is 11.3 Å². The molecule has 2 aromatic carbocycles. The zero-order valence-corrected chi connectivity index (χ0v) is 18.3. The lowest BCUT2D eigenvalue weighted by Gasteiger charge is -2.10. The summed E-state index contributed by atoms with van der Waals surface area (Å²) in [7, 11) is 3.15. The molecule has 0 aliphatic heterocycles. The highest BCUT2D eigenvalue weighted by molar-refractivity contribution is 7.13. The Bertz CT molecular complexity index is 1050. The van der Waals surface area contributed by atoms with Gasteiger partial charge in [-0.15, -0.1) is 11.3 Å². The van der Waals surface area contributed by atoms with Gasteiger partial charge in [0.1, 0.15) is 11.5 Å². The number of rotatable bonds is 8. The Hall–Kier alpha value is -3.59. The fourth-order valence-corrected chi connectivity index (χ4v) is 3.53. The van der Waals surface area contributed by atoms with Crippen LogP contribution >= 0.6 is 11.3 Å². The van der Waals surface area contributed by atoms with Gasteiger partial charge < -0.3 is 20.1 Å². The van der Waals surface area contributed by atoms with Crippen LogP contribution in [0.1, 0.15) is 17.7 Å². The van der Waals surface area contributed by atoms with Crippen LogP contribution in [0.15, 0.2) is 47.8 Å². The molecule has 1 heterocycles. The minimum atomic E-state index is -0.393. The van der Waals surface area contributed by atoms with E-state index in [1.165, 1.54) is 11.3 Å². The van der Waals surface area contributed by atoms with Crippen molar-refractivity contribution >= 4 is 39.8 Å². The molecule has 8 nitrogen and oxygen atoms in total. The third kappa shape index (κ3) is 6.45. The van der Waals surface area contributed by atoms with E-state index in [9.17, 15) is 9.59 Å². The van der Waals surface area contributed by atoms with Gasteiger partial charge in [0.15, 0.2) is 5.13 Å². The molecule has 3 rings (SSSR count). The fraction of sp³-hybridized carbons (Fsp3) is 0.227. The number of carbonyl (C=O) groups excluding carboxylic acids is 2. The van der Waals surface area contributed by atoms with Gasteiger partial charge in [-0.1, -0.05) is 6.07 Å². The molecule has 0 saturated heterocycles. The van der Waals surface area contributed by atoms with Crippen molar-refractivity contribution in [3.05, 3.63) is 59.1 Å². The largest absolute Gasteiger partial charge is 0.497 e. The van der Waals surface area contributed by atoms with Gasteiger partial charge in [0.2, 0.25) is 5.91 Å². The minimum Gasteiger partial charge on any atom is -0.497 e. The minimum absolute atomic E-state index is 0.136. The Morgan fingerprint density at radius 1 is 1.00 bits per heavy atom. The molecule has 162 valence electrons. The van der Waals surface area contributed by atoms with Gasteiger partial charge in [0.25, 0.3) is 0 Å². The second kappa shape index (κ2) is 10.4. The van der Waals surface area contributed by atoms with Crippen LogP contribution in [-0.2, 0) is 11.2 Å². The van der Waals surface area contributed by atoms with E-state index in [4.69, 9.17) is 9.47 Å². The number of benzene rings is 2. The standard InChI is InChI=1S/C22H24N4O4S/c1-14-4-10-19(30-3)18(12-14)25-20(27)11-7-16-13-31-22(24-16)26-21(28)23-15-5-8-17(29-2)9-6-15/h4-6,8-10,12-13H,7,11H2,1-3H3,(H,25,27)(H2,23,24,26,28). The molecule has 0 saturated carbocycles. The topological polar surface area (TPSA) is 102 Å². The van der Waals surface area contributed by atoms with Crippen LogP contribution in [0.4, 0.5) is 21.3 Å².